The Kier molecular flexibility index (Phi) is 7.82. The van der Waals surface area contributed by atoms with E-state index in [2.05, 4.69) is 10.3 Å². The van der Waals surface area contributed by atoms with Gasteiger partial charge in [-0.15, -0.1) is 0 Å². The van der Waals surface area contributed by atoms with E-state index in [1.165, 1.54) is 31.2 Å². The number of benzene rings is 2. The Bertz CT molecular complexity index is 1350. The number of hydrogen-bond donors (Lipinski definition) is 3. The maximum atomic E-state index is 12.9. The maximum absolute atomic E-state index is 12.9. The minimum atomic E-state index is -0.827. The van der Waals surface area contributed by atoms with Crippen LogP contribution in [-0.4, -0.2) is 40.5 Å². The first-order valence-electron chi connectivity index (χ1n) is 10.7. The minimum Gasteiger partial charge on any atom is -0.452 e. The second-order valence-corrected chi connectivity index (χ2v) is 7.54. The molecule has 35 heavy (non-hydrogen) atoms. The molecule has 0 aliphatic carbocycles. The molecule has 0 radical (unpaired) electrons. The fraction of sp³-hybridized carbons (Fsp3) is 0.208. The maximum Gasteiger partial charge on any atom is 0.338 e. The summed E-state index contributed by atoms with van der Waals surface area (Å²) in [7, 11) is 0. The predicted molar refractivity (Wildman–Crippen MR) is 130 cm³/mol. The molecule has 182 valence electrons. The van der Waals surface area contributed by atoms with Crippen molar-refractivity contribution in [1.82, 2.24) is 9.55 Å². The predicted octanol–water partition coefficient (Wildman–Crippen LogP) is 1.34. The smallest absolute Gasteiger partial charge is 0.338 e. The normalized spacial score (nSPS) is 10.5. The number of nitrogens with one attached hydrogen (secondary N) is 2. The number of carbonyl (C=O) groups is 3. The highest BCUT2D eigenvalue weighted by atomic mass is 16.5. The molecule has 11 heteroatoms. The van der Waals surface area contributed by atoms with Crippen LogP contribution in [0.2, 0.25) is 0 Å². The molecule has 2 aromatic carbocycles. The molecule has 0 saturated carbocycles. The molecule has 11 nitrogen and oxygen atoms in total. The highest BCUT2D eigenvalue weighted by Crippen LogP contribution is 2.18. The van der Waals surface area contributed by atoms with Gasteiger partial charge < -0.3 is 20.7 Å². The fourth-order valence-electron chi connectivity index (χ4n) is 3.40. The first-order valence-corrected chi connectivity index (χ1v) is 10.7. The van der Waals surface area contributed by atoms with Crippen LogP contribution < -0.4 is 27.2 Å². The zero-order chi connectivity index (χ0) is 25.5. The number of esters is 1. The fourth-order valence-corrected chi connectivity index (χ4v) is 3.40. The molecule has 1 heterocycles. The summed E-state index contributed by atoms with van der Waals surface area (Å²) in [6.45, 7) is 2.45. The van der Waals surface area contributed by atoms with Gasteiger partial charge in [-0.3, -0.25) is 23.9 Å². The Labute approximate surface area is 200 Å². The van der Waals surface area contributed by atoms with Crippen LogP contribution in [0.5, 0.6) is 0 Å². The molecule has 4 N–H and O–H groups in total. The number of likely N-dealkylation sites (N-methyl/N-ethyl adjacent to an activating group) is 1. The van der Waals surface area contributed by atoms with Crippen molar-refractivity contribution in [3.63, 3.8) is 0 Å². The number of anilines is 3. The highest BCUT2D eigenvalue weighted by molar-refractivity contribution is 5.98. The minimum absolute atomic E-state index is 0.0403. The molecule has 0 spiro atoms. The zero-order valence-electron chi connectivity index (χ0n) is 19.2. The highest BCUT2D eigenvalue weighted by Gasteiger charge is 2.24. The second-order valence-electron chi connectivity index (χ2n) is 7.54. The lowest BCUT2D eigenvalue weighted by Crippen LogP contribution is -2.42. The number of carbonyl (C=O) groups excluding carboxylic acids is 3. The van der Waals surface area contributed by atoms with Crippen LogP contribution in [0, 0.1) is 0 Å². The van der Waals surface area contributed by atoms with Crippen LogP contribution in [-0.2, 0) is 20.9 Å². The van der Waals surface area contributed by atoms with Crippen molar-refractivity contribution < 1.29 is 19.1 Å². The van der Waals surface area contributed by atoms with Crippen molar-refractivity contribution in [1.29, 1.82) is 0 Å². The van der Waals surface area contributed by atoms with Crippen LogP contribution in [0.25, 0.3) is 0 Å². The van der Waals surface area contributed by atoms with Crippen molar-refractivity contribution in [2.24, 2.45) is 0 Å². The SMILES string of the molecule is CCN(C(=O)COC(=O)c1ccc(NC(C)=O)cc1)c1c(N)n(Cc2ccccc2)c(=O)[nH]c1=O. The Hall–Kier alpha value is -4.67. The lowest BCUT2D eigenvalue weighted by Gasteiger charge is -2.23. The third-order valence-corrected chi connectivity index (χ3v) is 5.05. The molecule has 3 rings (SSSR count). The second kappa shape index (κ2) is 11.0. The summed E-state index contributed by atoms with van der Waals surface area (Å²) in [6.07, 6.45) is 0. The number of ether oxygens (including phenoxy) is 1. The van der Waals surface area contributed by atoms with Crippen LogP contribution >= 0.6 is 0 Å². The lowest BCUT2D eigenvalue weighted by atomic mass is 10.2. The van der Waals surface area contributed by atoms with Crippen molar-refractivity contribution in [3.05, 3.63) is 86.6 Å². The molecule has 0 atom stereocenters. The Morgan fingerprint density at radius 1 is 1.06 bits per heavy atom. The first-order chi connectivity index (χ1) is 16.7. The van der Waals surface area contributed by atoms with Gasteiger partial charge in [-0.1, -0.05) is 30.3 Å². The molecule has 0 fully saturated rings. The van der Waals surface area contributed by atoms with Gasteiger partial charge in [0.15, 0.2) is 12.3 Å². The molecule has 0 bridgehead atoms. The summed E-state index contributed by atoms with van der Waals surface area (Å²) in [5.74, 6) is -1.90. The third-order valence-electron chi connectivity index (χ3n) is 5.05. The molecule has 0 aliphatic rings. The standard InChI is InChI=1S/C24H25N5O6/c1-3-28(19(31)14-35-23(33)17-9-11-18(12-10-17)26-15(2)30)20-21(25)29(24(34)27-22(20)32)13-16-7-5-4-6-8-16/h4-12H,3,13-14,25H2,1-2H3,(H,26,30)(H,27,32,34). The van der Waals surface area contributed by atoms with E-state index in [4.69, 9.17) is 10.5 Å². The van der Waals surface area contributed by atoms with Crippen molar-refractivity contribution in [2.75, 3.05) is 29.1 Å². The monoisotopic (exact) mass is 479 g/mol. The number of hydrogen-bond acceptors (Lipinski definition) is 7. The molecule has 3 aromatic rings. The van der Waals surface area contributed by atoms with E-state index < -0.39 is 29.7 Å². The van der Waals surface area contributed by atoms with Crippen LogP contribution in [0.15, 0.2) is 64.2 Å². The van der Waals surface area contributed by atoms with Crippen molar-refractivity contribution >= 4 is 35.0 Å². The molecule has 0 unspecified atom stereocenters. The van der Waals surface area contributed by atoms with Gasteiger partial charge in [0.1, 0.15) is 5.82 Å². The van der Waals surface area contributed by atoms with Crippen molar-refractivity contribution in [2.45, 2.75) is 20.4 Å². The average Bonchev–Trinajstić information content (AvgIpc) is 2.83. The summed E-state index contributed by atoms with van der Waals surface area (Å²) in [4.78, 5) is 64.5. The number of aromatic amines is 1. The van der Waals surface area contributed by atoms with Gasteiger partial charge in [-0.25, -0.2) is 9.59 Å². The average molecular weight is 479 g/mol. The summed E-state index contributed by atoms with van der Waals surface area (Å²) >= 11 is 0. The molecule has 2 amide bonds. The molecule has 1 aromatic heterocycles. The van der Waals surface area contributed by atoms with E-state index in [0.29, 0.717) is 5.69 Å². The van der Waals surface area contributed by atoms with Gasteiger partial charge in [0.25, 0.3) is 11.5 Å². The van der Waals surface area contributed by atoms with Crippen molar-refractivity contribution in [3.8, 4) is 0 Å². The Morgan fingerprint density at radius 3 is 2.31 bits per heavy atom. The van der Waals surface area contributed by atoms with Crippen LogP contribution in [0.4, 0.5) is 17.2 Å². The number of H-pyrrole nitrogens is 1. The first kappa shape index (κ1) is 25.0. The van der Waals surface area contributed by atoms with Gasteiger partial charge in [0.05, 0.1) is 12.1 Å². The van der Waals surface area contributed by atoms with E-state index in [1.807, 2.05) is 6.07 Å². The van der Waals surface area contributed by atoms with Gasteiger partial charge in [-0.05, 0) is 36.8 Å². The zero-order valence-corrected chi connectivity index (χ0v) is 19.2. The molecular formula is C24H25N5O6. The third kappa shape index (κ3) is 6.02. The Morgan fingerprint density at radius 2 is 1.71 bits per heavy atom. The molecular weight excluding hydrogens is 454 g/mol. The number of nitrogen functional groups attached to an aromatic ring is 1. The molecule has 0 saturated heterocycles. The van der Waals surface area contributed by atoms with E-state index in [-0.39, 0.29) is 36.1 Å². The van der Waals surface area contributed by atoms with E-state index in [0.717, 1.165) is 15.0 Å². The summed E-state index contributed by atoms with van der Waals surface area (Å²) in [5, 5.41) is 2.58. The Balaban J connectivity index is 1.77. The van der Waals surface area contributed by atoms with E-state index in [9.17, 15) is 24.0 Å². The topological polar surface area (TPSA) is 157 Å². The summed E-state index contributed by atoms with van der Waals surface area (Å²) < 4.78 is 6.26. The number of amides is 2. The number of aromatic nitrogens is 2. The number of nitrogens with two attached hydrogens (primary N) is 1. The van der Waals surface area contributed by atoms with Gasteiger partial charge in [-0.2, -0.15) is 0 Å². The quantitative estimate of drug-likeness (QED) is 0.412. The number of nitrogens with zero attached hydrogens (tertiary/aromatic N) is 2. The van der Waals surface area contributed by atoms with E-state index in [1.54, 1.807) is 31.2 Å². The van der Waals surface area contributed by atoms with E-state index >= 15 is 0 Å². The lowest BCUT2D eigenvalue weighted by molar-refractivity contribution is -0.121. The number of rotatable bonds is 8. The van der Waals surface area contributed by atoms with Gasteiger partial charge >= 0.3 is 11.7 Å². The largest absolute Gasteiger partial charge is 0.452 e. The summed E-state index contributed by atoms with van der Waals surface area (Å²) in [6, 6.07) is 14.9. The van der Waals surface area contributed by atoms with Crippen LogP contribution in [0.3, 0.4) is 0 Å². The van der Waals surface area contributed by atoms with Gasteiger partial charge in [0.2, 0.25) is 5.91 Å². The summed E-state index contributed by atoms with van der Waals surface area (Å²) in [5.41, 5.74) is 5.85. The van der Waals surface area contributed by atoms with Gasteiger partial charge in [0, 0.05) is 19.2 Å². The van der Waals surface area contributed by atoms with Crippen LogP contribution in [0.1, 0.15) is 29.8 Å². The molecule has 0 aliphatic heterocycles.